The molecule has 2 aliphatic rings. The first-order chi connectivity index (χ1) is 12.5. The van der Waals surface area contributed by atoms with Crippen LogP contribution in [0.25, 0.3) is 0 Å². The van der Waals surface area contributed by atoms with Crippen molar-refractivity contribution in [3.8, 4) is 5.75 Å². The number of rotatable bonds is 5. The van der Waals surface area contributed by atoms with Crippen molar-refractivity contribution in [1.29, 1.82) is 0 Å². The Bertz CT molecular complexity index is 887. The van der Waals surface area contributed by atoms with Gasteiger partial charge < -0.3 is 14.7 Å². The van der Waals surface area contributed by atoms with Crippen LogP contribution in [0, 0.1) is 0 Å². The molecule has 1 aliphatic carbocycles. The summed E-state index contributed by atoms with van der Waals surface area (Å²) in [5, 5.41) is 9.66. The van der Waals surface area contributed by atoms with Gasteiger partial charge in [-0.15, -0.1) is 0 Å². The van der Waals surface area contributed by atoms with Gasteiger partial charge >= 0.3 is 0 Å². The van der Waals surface area contributed by atoms with E-state index in [1.807, 2.05) is 44.2 Å². The van der Waals surface area contributed by atoms with Crippen molar-refractivity contribution in [1.82, 2.24) is 0 Å². The van der Waals surface area contributed by atoms with E-state index in [0.29, 0.717) is 6.61 Å². The van der Waals surface area contributed by atoms with Crippen molar-refractivity contribution < 1.29 is 14.6 Å². The highest BCUT2D eigenvalue weighted by Crippen LogP contribution is 2.71. The Morgan fingerprint density at radius 3 is 2.38 bits per heavy atom. The Labute approximate surface area is 153 Å². The number of allylic oxidation sites excluding steroid dienone is 1. The summed E-state index contributed by atoms with van der Waals surface area (Å²) in [5.41, 5.74) is 2.74. The van der Waals surface area contributed by atoms with Crippen LogP contribution in [0.4, 0.5) is 5.69 Å². The average Bonchev–Trinajstić information content (AvgIpc) is 3.21. The molecule has 134 valence electrons. The number of benzene rings is 2. The van der Waals surface area contributed by atoms with Crippen molar-refractivity contribution >= 4 is 11.5 Å². The zero-order chi connectivity index (χ0) is 18.5. The molecule has 4 heteroatoms. The van der Waals surface area contributed by atoms with Gasteiger partial charge in [0, 0.05) is 30.0 Å². The van der Waals surface area contributed by atoms with Gasteiger partial charge in [0.15, 0.2) is 11.5 Å². The molecule has 1 N–H and O–H groups in total. The van der Waals surface area contributed by atoms with E-state index >= 15 is 0 Å². The lowest BCUT2D eigenvalue weighted by molar-refractivity contribution is -0.114. The van der Waals surface area contributed by atoms with E-state index in [4.69, 9.17) is 4.74 Å². The fraction of sp³-hybridized carbons (Fsp3) is 0.318. The lowest BCUT2D eigenvalue weighted by atomic mass is 9.85. The topological polar surface area (TPSA) is 49.8 Å². The standard InChI is InChI=1S/C22H23NO3/c1-4-26-22-14-21(22,17-8-6-5-7-9-17)20(16(3)24)15(2)23(22)18-10-12-19(25)13-11-18/h5-13,25H,4,14H2,1-3H3. The van der Waals surface area contributed by atoms with Crippen molar-refractivity contribution in [2.75, 3.05) is 11.5 Å². The molecule has 2 unspecified atom stereocenters. The number of ketones is 1. The summed E-state index contributed by atoms with van der Waals surface area (Å²) >= 11 is 0. The molecule has 0 aromatic heterocycles. The molecular weight excluding hydrogens is 326 g/mol. The number of aromatic hydroxyl groups is 1. The summed E-state index contributed by atoms with van der Waals surface area (Å²) in [6.07, 6.45) is 0.741. The Morgan fingerprint density at radius 1 is 1.15 bits per heavy atom. The minimum atomic E-state index is -0.592. The van der Waals surface area contributed by atoms with Crippen LogP contribution in [-0.2, 0) is 14.9 Å². The van der Waals surface area contributed by atoms with E-state index in [1.165, 1.54) is 0 Å². The first kappa shape index (κ1) is 16.9. The van der Waals surface area contributed by atoms with Crippen LogP contribution in [0.15, 0.2) is 65.9 Å². The van der Waals surface area contributed by atoms with Gasteiger partial charge in [0.2, 0.25) is 0 Å². The summed E-state index contributed by atoms with van der Waals surface area (Å²) < 4.78 is 6.34. The molecule has 4 rings (SSSR count). The molecule has 0 saturated heterocycles. The van der Waals surface area contributed by atoms with Crippen molar-refractivity contribution in [2.45, 2.75) is 38.3 Å². The third kappa shape index (κ3) is 2.02. The van der Waals surface area contributed by atoms with E-state index < -0.39 is 11.1 Å². The highest BCUT2D eigenvalue weighted by Gasteiger charge is 2.79. The Balaban J connectivity index is 1.94. The van der Waals surface area contributed by atoms with E-state index in [1.54, 1.807) is 19.1 Å². The number of nitrogens with zero attached hydrogens (tertiary/aromatic N) is 1. The SMILES string of the molecule is CCOC12CC1(c1ccccc1)C(C(C)=O)=C(C)N2c1ccc(O)cc1. The third-order valence-corrected chi connectivity index (χ3v) is 5.64. The second kappa shape index (κ2) is 5.71. The molecule has 0 radical (unpaired) electrons. The Hall–Kier alpha value is -2.59. The second-order valence-corrected chi connectivity index (χ2v) is 7.03. The monoisotopic (exact) mass is 349 g/mol. The highest BCUT2D eigenvalue weighted by atomic mass is 16.5. The summed E-state index contributed by atoms with van der Waals surface area (Å²) in [7, 11) is 0. The van der Waals surface area contributed by atoms with Gasteiger partial charge in [-0.25, -0.2) is 0 Å². The van der Waals surface area contributed by atoms with E-state index in [0.717, 1.165) is 28.9 Å². The fourth-order valence-corrected chi connectivity index (χ4v) is 4.79. The van der Waals surface area contributed by atoms with E-state index in [2.05, 4.69) is 17.0 Å². The molecule has 0 spiro atoms. The van der Waals surface area contributed by atoms with Gasteiger partial charge in [0.25, 0.3) is 0 Å². The number of carbonyl (C=O) groups is 1. The van der Waals surface area contributed by atoms with Crippen LogP contribution in [0.5, 0.6) is 5.75 Å². The van der Waals surface area contributed by atoms with Crippen LogP contribution in [0.3, 0.4) is 0 Å². The number of fused-ring (bicyclic) bond motifs is 1. The number of hydrogen-bond acceptors (Lipinski definition) is 4. The van der Waals surface area contributed by atoms with Gasteiger partial charge in [-0.2, -0.15) is 0 Å². The van der Waals surface area contributed by atoms with E-state index in [9.17, 15) is 9.90 Å². The molecule has 2 aromatic rings. The molecular formula is C22H23NO3. The third-order valence-electron chi connectivity index (χ3n) is 5.64. The lowest BCUT2D eigenvalue weighted by Gasteiger charge is -2.32. The first-order valence-corrected chi connectivity index (χ1v) is 8.99. The van der Waals surface area contributed by atoms with Gasteiger partial charge in [-0.3, -0.25) is 4.79 Å². The van der Waals surface area contributed by atoms with Crippen molar-refractivity contribution in [3.63, 3.8) is 0 Å². The molecule has 26 heavy (non-hydrogen) atoms. The molecule has 4 nitrogen and oxygen atoms in total. The van der Waals surface area contributed by atoms with Gasteiger partial charge in [0.1, 0.15) is 5.75 Å². The van der Waals surface area contributed by atoms with Crippen LogP contribution >= 0.6 is 0 Å². The molecule has 1 heterocycles. The van der Waals surface area contributed by atoms with Crippen LogP contribution in [0.1, 0.15) is 32.8 Å². The maximum Gasteiger partial charge on any atom is 0.160 e. The number of anilines is 1. The van der Waals surface area contributed by atoms with Crippen LogP contribution in [-0.4, -0.2) is 23.2 Å². The van der Waals surface area contributed by atoms with Crippen LogP contribution < -0.4 is 4.90 Å². The summed E-state index contributed by atoms with van der Waals surface area (Å²) in [6, 6.07) is 17.2. The fourth-order valence-electron chi connectivity index (χ4n) is 4.79. The smallest absolute Gasteiger partial charge is 0.160 e. The molecule has 0 amide bonds. The summed E-state index contributed by atoms with van der Waals surface area (Å²) in [5.74, 6) is 0.297. The number of ether oxygens (including phenoxy) is 1. The largest absolute Gasteiger partial charge is 0.508 e. The molecule has 2 aromatic carbocycles. The minimum absolute atomic E-state index is 0.0780. The quantitative estimate of drug-likeness (QED) is 0.881. The van der Waals surface area contributed by atoms with Crippen molar-refractivity contribution in [3.05, 3.63) is 71.4 Å². The van der Waals surface area contributed by atoms with Gasteiger partial charge in [-0.1, -0.05) is 30.3 Å². The highest BCUT2D eigenvalue weighted by molar-refractivity contribution is 6.01. The predicted octanol–water partition coefficient (Wildman–Crippen LogP) is 4.15. The number of Topliss-reactive ketones (excluding diaryl/α,β-unsaturated/α-hetero) is 1. The summed E-state index contributed by atoms with van der Waals surface area (Å²) in [4.78, 5) is 14.8. The Morgan fingerprint density at radius 2 is 1.81 bits per heavy atom. The predicted molar refractivity (Wildman–Crippen MR) is 101 cm³/mol. The second-order valence-electron chi connectivity index (χ2n) is 7.03. The number of hydrogen-bond donors (Lipinski definition) is 1. The Kier molecular flexibility index (Phi) is 3.70. The number of carbonyl (C=O) groups excluding carboxylic acids is 1. The number of phenols is 1. The molecule has 2 atom stereocenters. The van der Waals surface area contributed by atoms with Gasteiger partial charge in [-0.05, 0) is 50.6 Å². The molecule has 1 aliphatic heterocycles. The zero-order valence-corrected chi connectivity index (χ0v) is 15.3. The van der Waals surface area contributed by atoms with Crippen LogP contribution in [0.2, 0.25) is 0 Å². The van der Waals surface area contributed by atoms with Gasteiger partial charge in [0.05, 0.1) is 5.41 Å². The summed E-state index contributed by atoms with van der Waals surface area (Å²) in [6.45, 7) is 6.17. The average molecular weight is 349 g/mol. The van der Waals surface area contributed by atoms with E-state index in [-0.39, 0.29) is 11.5 Å². The lowest BCUT2D eigenvalue weighted by Crippen LogP contribution is -2.40. The zero-order valence-electron chi connectivity index (χ0n) is 15.3. The molecule has 1 saturated carbocycles. The maximum absolute atomic E-state index is 12.7. The number of phenolic OH excluding ortho intramolecular Hbond substituents is 1. The minimum Gasteiger partial charge on any atom is -0.508 e. The van der Waals surface area contributed by atoms with Crippen molar-refractivity contribution in [2.24, 2.45) is 0 Å². The normalized spacial score (nSPS) is 26.8. The maximum atomic E-state index is 12.7. The first-order valence-electron chi connectivity index (χ1n) is 8.99. The molecule has 1 fully saturated rings. The molecule has 0 bridgehead atoms.